The third-order valence-electron chi connectivity index (χ3n) is 3.40. The van der Waals surface area contributed by atoms with Crippen LogP contribution in [-0.2, 0) is 6.54 Å². The molecule has 0 aliphatic heterocycles. The summed E-state index contributed by atoms with van der Waals surface area (Å²) in [4.78, 5) is 2.35. The van der Waals surface area contributed by atoms with Crippen molar-refractivity contribution in [3.63, 3.8) is 0 Å². The van der Waals surface area contributed by atoms with Crippen LogP contribution >= 0.6 is 0 Å². The molecule has 1 fully saturated rings. The fourth-order valence-electron chi connectivity index (χ4n) is 1.96. The zero-order valence-corrected chi connectivity index (χ0v) is 9.66. The zero-order valence-electron chi connectivity index (χ0n) is 9.66. The van der Waals surface area contributed by atoms with E-state index < -0.39 is 0 Å². The summed E-state index contributed by atoms with van der Waals surface area (Å²) >= 11 is 0. The Labute approximate surface area is 92.3 Å². The highest BCUT2D eigenvalue weighted by Crippen LogP contribution is 2.39. The second-order valence-corrected chi connectivity index (χ2v) is 4.71. The second-order valence-electron chi connectivity index (χ2n) is 4.71. The molecule has 2 nitrogen and oxygen atoms in total. The Morgan fingerprint density at radius 2 is 1.87 bits per heavy atom. The van der Waals surface area contributed by atoms with Gasteiger partial charge in [0.15, 0.2) is 0 Å². The molecule has 0 radical (unpaired) electrons. The van der Waals surface area contributed by atoms with E-state index >= 15 is 0 Å². The van der Waals surface area contributed by atoms with Crippen LogP contribution in [0.4, 0.5) is 0 Å². The van der Waals surface area contributed by atoms with Gasteiger partial charge in [-0.1, -0.05) is 30.3 Å². The maximum Gasteiger partial charge on any atom is 0.0329 e. The van der Waals surface area contributed by atoms with Crippen LogP contribution in [0.3, 0.4) is 0 Å². The summed E-state index contributed by atoms with van der Waals surface area (Å²) in [6.45, 7) is 2.09. The third kappa shape index (κ3) is 2.58. The molecule has 0 aromatic heterocycles. The quantitative estimate of drug-likeness (QED) is 0.787. The molecule has 0 heterocycles. The number of benzene rings is 1. The van der Waals surface area contributed by atoms with Crippen LogP contribution in [0.15, 0.2) is 30.3 Å². The van der Waals surface area contributed by atoms with Gasteiger partial charge in [0.2, 0.25) is 0 Å². The number of rotatable bonds is 5. The lowest BCUT2D eigenvalue weighted by Gasteiger charge is -2.24. The molecule has 1 aliphatic carbocycles. The van der Waals surface area contributed by atoms with Crippen molar-refractivity contribution in [1.29, 1.82) is 0 Å². The fraction of sp³-hybridized carbons (Fsp3) is 0.538. The maximum absolute atomic E-state index is 3.54. The van der Waals surface area contributed by atoms with Gasteiger partial charge in [0.05, 0.1) is 0 Å². The molecule has 1 aliphatic rings. The van der Waals surface area contributed by atoms with Crippen LogP contribution in [0.2, 0.25) is 0 Å². The average Bonchev–Trinajstić information content (AvgIpc) is 3.01. The summed E-state index contributed by atoms with van der Waals surface area (Å²) in [6.07, 6.45) is 2.67. The van der Waals surface area contributed by atoms with Crippen molar-refractivity contribution in [3.05, 3.63) is 35.9 Å². The molecule has 2 rings (SSSR count). The monoisotopic (exact) mass is 204 g/mol. The van der Waals surface area contributed by atoms with Crippen LogP contribution in [0.5, 0.6) is 0 Å². The summed E-state index contributed by atoms with van der Waals surface area (Å²) in [7, 11) is 4.36. The van der Waals surface area contributed by atoms with E-state index in [0.717, 1.165) is 13.1 Å². The summed E-state index contributed by atoms with van der Waals surface area (Å²) in [5.41, 5.74) is 1.82. The molecule has 0 saturated heterocycles. The standard InChI is InChI=1S/C13H20N2/c1-15(2)13(8-9-13)11-14-10-12-6-4-3-5-7-12/h3-7,14H,8-11H2,1-2H3. The first-order valence-electron chi connectivity index (χ1n) is 5.65. The topological polar surface area (TPSA) is 15.3 Å². The lowest BCUT2D eigenvalue weighted by atomic mass is 10.2. The van der Waals surface area contributed by atoms with Gasteiger partial charge in [-0.3, -0.25) is 0 Å². The van der Waals surface area contributed by atoms with E-state index in [4.69, 9.17) is 0 Å². The summed E-state index contributed by atoms with van der Waals surface area (Å²) < 4.78 is 0. The molecular weight excluding hydrogens is 184 g/mol. The Morgan fingerprint density at radius 1 is 1.20 bits per heavy atom. The second kappa shape index (κ2) is 4.33. The number of likely N-dealkylation sites (N-methyl/N-ethyl adjacent to an activating group) is 1. The van der Waals surface area contributed by atoms with E-state index in [1.165, 1.54) is 18.4 Å². The van der Waals surface area contributed by atoms with Gasteiger partial charge < -0.3 is 10.2 Å². The van der Waals surface area contributed by atoms with Gasteiger partial charge in [-0.15, -0.1) is 0 Å². The van der Waals surface area contributed by atoms with Crippen LogP contribution in [0.1, 0.15) is 18.4 Å². The Balaban J connectivity index is 1.76. The van der Waals surface area contributed by atoms with Gasteiger partial charge in [0.25, 0.3) is 0 Å². The van der Waals surface area contributed by atoms with Crippen molar-refractivity contribution in [2.75, 3.05) is 20.6 Å². The summed E-state index contributed by atoms with van der Waals surface area (Å²) in [5.74, 6) is 0. The number of nitrogens with zero attached hydrogens (tertiary/aromatic N) is 1. The molecule has 1 aromatic rings. The normalized spacial score (nSPS) is 18.1. The lowest BCUT2D eigenvalue weighted by molar-refractivity contribution is 0.261. The minimum Gasteiger partial charge on any atom is -0.311 e. The Kier molecular flexibility index (Phi) is 3.08. The van der Waals surface area contributed by atoms with Crippen molar-refractivity contribution in [1.82, 2.24) is 10.2 Å². The van der Waals surface area contributed by atoms with Gasteiger partial charge in [0, 0.05) is 18.6 Å². The van der Waals surface area contributed by atoms with Crippen LogP contribution in [0.25, 0.3) is 0 Å². The van der Waals surface area contributed by atoms with E-state index in [-0.39, 0.29) is 0 Å². The Bertz CT molecular complexity index is 302. The van der Waals surface area contributed by atoms with Gasteiger partial charge in [-0.25, -0.2) is 0 Å². The van der Waals surface area contributed by atoms with Gasteiger partial charge in [0.1, 0.15) is 0 Å². The van der Waals surface area contributed by atoms with E-state index in [1.807, 2.05) is 0 Å². The van der Waals surface area contributed by atoms with Crippen molar-refractivity contribution in [3.8, 4) is 0 Å². The van der Waals surface area contributed by atoms with E-state index in [0.29, 0.717) is 5.54 Å². The van der Waals surface area contributed by atoms with Crippen molar-refractivity contribution < 1.29 is 0 Å². The molecule has 0 bridgehead atoms. The molecule has 82 valence electrons. The largest absolute Gasteiger partial charge is 0.311 e. The smallest absolute Gasteiger partial charge is 0.0329 e. The minimum absolute atomic E-state index is 0.453. The van der Waals surface area contributed by atoms with E-state index in [1.54, 1.807) is 0 Å². The number of hydrogen-bond donors (Lipinski definition) is 1. The molecule has 1 N–H and O–H groups in total. The lowest BCUT2D eigenvalue weighted by Crippen LogP contribution is -2.39. The third-order valence-corrected chi connectivity index (χ3v) is 3.40. The van der Waals surface area contributed by atoms with Crippen molar-refractivity contribution >= 4 is 0 Å². The molecule has 2 heteroatoms. The summed E-state index contributed by atoms with van der Waals surface area (Å²) in [6, 6.07) is 10.6. The first-order chi connectivity index (χ1) is 7.23. The van der Waals surface area contributed by atoms with Gasteiger partial charge >= 0.3 is 0 Å². The highest BCUT2D eigenvalue weighted by Gasteiger charge is 2.43. The van der Waals surface area contributed by atoms with Crippen LogP contribution in [0, 0.1) is 0 Å². The Hall–Kier alpha value is -0.860. The predicted molar refractivity (Wildman–Crippen MR) is 63.8 cm³/mol. The van der Waals surface area contributed by atoms with Crippen LogP contribution < -0.4 is 5.32 Å². The van der Waals surface area contributed by atoms with Gasteiger partial charge in [-0.2, -0.15) is 0 Å². The predicted octanol–water partition coefficient (Wildman–Crippen LogP) is 1.87. The van der Waals surface area contributed by atoms with E-state index in [2.05, 4.69) is 54.6 Å². The molecule has 15 heavy (non-hydrogen) atoms. The Morgan fingerprint density at radius 3 is 2.40 bits per heavy atom. The molecule has 1 aromatic carbocycles. The molecule has 0 unspecified atom stereocenters. The number of nitrogens with one attached hydrogen (secondary N) is 1. The summed E-state index contributed by atoms with van der Waals surface area (Å²) in [5, 5.41) is 3.54. The minimum atomic E-state index is 0.453. The number of hydrogen-bond acceptors (Lipinski definition) is 2. The molecular formula is C13H20N2. The molecule has 1 saturated carbocycles. The highest BCUT2D eigenvalue weighted by atomic mass is 15.2. The SMILES string of the molecule is CN(C)C1(CNCc2ccccc2)CC1. The molecule has 0 atom stereocenters. The zero-order chi connectivity index (χ0) is 10.7. The van der Waals surface area contributed by atoms with Crippen LogP contribution in [-0.4, -0.2) is 31.1 Å². The van der Waals surface area contributed by atoms with Crippen molar-refractivity contribution in [2.45, 2.75) is 24.9 Å². The fourth-order valence-corrected chi connectivity index (χ4v) is 1.96. The van der Waals surface area contributed by atoms with Crippen molar-refractivity contribution in [2.24, 2.45) is 0 Å². The molecule has 0 spiro atoms. The van der Waals surface area contributed by atoms with E-state index in [9.17, 15) is 0 Å². The average molecular weight is 204 g/mol. The highest BCUT2D eigenvalue weighted by molar-refractivity contribution is 5.14. The van der Waals surface area contributed by atoms with Gasteiger partial charge in [-0.05, 0) is 32.5 Å². The molecule has 0 amide bonds. The first kappa shape index (κ1) is 10.7. The first-order valence-corrected chi connectivity index (χ1v) is 5.65. The maximum atomic E-state index is 3.54.